The average molecular weight is 491 g/mol. The SMILES string of the molecule is O=C(O)C1=Cc2cc(OC(F)(F)F)cc(CCc3ccccc3)c2OC1(Cl)C(F)(F)F.[NaH]. The van der Waals surface area contributed by atoms with Crippen LogP contribution in [0, 0.1) is 0 Å². The Hall–Kier alpha value is -1.88. The Labute approximate surface area is 205 Å². The van der Waals surface area contributed by atoms with E-state index in [0.717, 1.165) is 17.7 Å². The fourth-order valence-corrected chi connectivity index (χ4v) is 3.28. The molecule has 12 heteroatoms. The van der Waals surface area contributed by atoms with Crippen LogP contribution in [0.5, 0.6) is 11.5 Å². The van der Waals surface area contributed by atoms with E-state index in [-0.39, 0.29) is 53.5 Å². The van der Waals surface area contributed by atoms with Gasteiger partial charge < -0.3 is 14.6 Å². The van der Waals surface area contributed by atoms with Crippen LogP contribution in [0.15, 0.2) is 48.0 Å². The average Bonchev–Trinajstić information content (AvgIpc) is 2.64. The van der Waals surface area contributed by atoms with Crippen LogP contribution >= 0.6 is 11.6 Å². The molecule has 0 radical (unpaired) electrons. The second-order valence-electron chi connectivity index (χ2n) is 6.59. The molecule has 1 unspecified atom stereocenters. The van der Waals surface area contributed by atoms with Gasteiger partial charge in [0.2, 0.25) is 0 Å². The number of halogens is 7. The van der Waals surface area contributed by atoms with E-state index in [9.17, 15) is 36.2 Å². The van der Waals surface area contributed by atoms with Gasteiger partial charge in [0.15, 0.2) is 0 Å². The van der Waals surface area contributed by atoms with Crippen molar-refractivity contribution in [2.45, 2.75) is 30.4 Å². The van der Waals surface area contributed by atoms with Gasteiger partial charge in [0.05, 0.1) is 0 Å². The van der Waals surface area contributed by atoms with Crippen molar-refractivity contribution < 1.29 is 45.7 Å². The molecule has 1 aliphatic rings. The van der Waals surface area contributed by atoms with Gasteiger partial charge in [0.25, 0.3) is 0 Å². The van der Waals surface area contributed by atoms with Gasteiger partial charge in [0, 0.05) is 5.56 Å². The van der Waals surface area contributed by atoms with E-state index < -0.39 is 40.6 Å². The van der Waals surface area contributed by atoms with Gasteiger partial charge >= 0.3 is 53.1 Å². The number of ether oxygens (including phenoxy) is 2. The molecule has 0 saturated carbocycles. The van der Waals surface area contributed by atoms with E-state index in [4.69, 9.17) is 16.3 Å². The number of hydrogen-bond acceptors (Lipinski definition) is 3. The first-order chi connectivity index (χ1) is 14.3. The summed E-state index contributed by atoms with van der Waals surface area (Å²) >= 11 is 5.57. The molecular formula is C20H14ClF6NaO4. The fraction of sp³-hybridized carbons (Fsp3) is 0.250. The fourth-order valence-electron chi connectivity index (χ4n) is 3.07. The Kier molecular flexibility index (Phi) is 7.87. The summed E-state index contributed by atoms with van der Waals surface area (Å²) in [4.78, 5) is 11.4. The summed E-state index contributed by atoms with van der Waals surface area (Å²) in [7, 11) is 0. The van der Waals surface area contributed by atoms with E-state index in [1.807, 2.05) is 0 Å². The molecule has 0 spiro atoms. The first-order valence-electron chi connectivity index (χ1n) is 8.67. The summed E-state index contributed by atoms with van der Waals surface area (Å²) in [5.41, 5.74) is -1.01. The van der Waals surface area contributed by atoms with Crippen LogP contribution in [0.2, 0.25) is 0 Å². The van der Waals surface area contributed by atoms with E-state index in [2.05, 4.69) is 4.74 Å². The van der Waals surface area contributed by atoms with E-state index in [1.165, 1.54) is 0 Å². The molecule has 168 valence electrons. The van der Waals surface area contributed by atoms with Gasteiger partial charge in [-0.1, -0.05) is 41.9 Å². The standard InChI is InChI=1S/C20H13ClF6O4.Na.H/c21-18(19(22,23)24)15(17(28)29)10-13-9-14(30-20(25,26)27)8-12(16(13)31-18)7-6-11-4-2-1-3-5-11;;/h1-5,8-10H,6-7H2,(H,28,29);;. The quantitative estimate of drug-likeness (QED) is 0.361. The topological polar surface area (TPSA) is 55.8 Å². The van der Waals surface area contributed by atoms with Gasteiger partial charge in [-0.2, -0.15) is 13.2 Å². The molecule has 0 fully saturated rings. The number of aliphatic carboxylic acids is 1. The second-order valence-corrected chi connectivity index (χ2v) is 7.12. The summed E-state index contributed by atoms with van der Waals surface area (Å²) in [5, 5.41) is 5.49. The maximum absolute atomic E-state index is 13.6. The Balaban J connectivity index is 0.00000363. The van der Waals surface area contributed by atoms with Crippen molar-refractivity contribution in [2.24, 2.45) is 0 Å². The molecule has 0 amide bonds. The molecular weight excluding hydrogens is 477 g/mol. The molecule has 1 aliphatic heterocycles. The van der Waals surface area contributed by atoms with Crippen LogP contribution in [0.25, 0.3) is 6.08 Å². The van der Waals surface area contributed by atoms with Crippen molar-refractivity contribution >= 4 is 53.2 Å². The van der Waals surface area contributed by atoms with Crippen LogP contribution in [0.4, 0.5) is 26.3 Å². The number of hydrogen-bond donors (Lipinski definition) is 1. The Bertz CT molecular complexity index is 1020. The van der Waals surface area contributed by atoms with E-state index in [1.54, 1.807) is 30.3 Å². The molecule has 1 atom stereocenters. The minimum absolute atomic E-state index is 0. The van der Waals surface area contributed by atoms with Gasteiger partial charge in [-0.3, -0.25) is 0 Å². The third-order valence-electron chi connectivity index (χ3n) is 4.41. The van der Waals surface area contributed by atoms with Crippen molar-refractivity contribution in [3.63, 3.8) is 0 Å². The molecule has 2 aromatic carbocycles. The predicted octanol–water partition coefficient (Wildman–Crippen LogP) is 5.08. The number of carboxylic acids is 1. The summed E-state index contributed by atoms with van der Waals surface area (Å²) in [6.07, 6.45) is -9.63. The number of benzene rings is 2. The summed E-state index contributed by atoms with van der Waals surface area (Å²) < 4.78 is 87.7. The Morgan fingerprint density at radius 3 is 2.22 bits per heavy atom. The van der Waals surface area contributed by atoms with Crippen LogP contribution in [0.3, 0.4) is 0 Å². The van der Waals surface area contributed by atoms with Crippen LogP contribution in [-0.4, -0.2) is 58.2 Å². The van der Waals surface area contributed by atoms with Gasteiger partial charge in [-0.15, -0.1) is 13.2 Å². The van der Waals surface area contributed by atoms with Crippen molar-refractivity contribution in [3.05, 3.63) is 64.7 Å². The van der Waals surface area contributed by atoms with Crippen LogP contribution in [0.1, 0.15) is 16.7 Å². The summed E-state index contributed by atoms with van der Waals surface area (Å²) in [5.74, 6) is -3.23. The molecule has 3 rings (SSSR count). The van der Waals surface area contributed by atoms with Crippen LogP contribution < -0.4 is 9.47 Å². The zero-order chi connectivity index (χ0) is 23.0. The predicted molar refractivity (Wildman–Crippen MR) is 105 cm³/mol. The number of rotatable bonds is 5. The number of carbonyl (C=O) groups is 1. The van der Waals surface area contributed by atoms with Gasteiger partial charge in [-0.25, -0.2) is 4.79 Å². The second kappa shape index (κ2) is 9.54. The zero-order valence-corrected chi connectivity index (χ0v) is 16.1. The van der Waals surface area contributed by atoms with Crippen molar-refractivity contribution in [2.75, 3.05) is 0 Å². The van der Waals surface area contributed by atoms with E-state index in [0.29, 0.717) is 6.08 Å². The number of aryl methyl sites for hydroxylation is 2. The molecule has 32 heavy (non-hydrogen) atoms. The molecule has 0 saturated heterocycles. The molecule has 2 aromatic rings. The minimum atomic E-state index is -5.33. The van der Waals surface area contributed by atoms with Crippen molar-refractivity contribution in [3.8, 4) is 11.5 Å². The third kappa shape index (κ3) is 5.72. The van der Waals surface area contributed by atoms with Gasteiger partial charge in [-0.05, 0) is 42.2 Å². The normalized spacial score (nSPS) is 18.0. The molecule has 0 aliphatic carbocycles. The monoisotopic (exact) mass is 490 g/mol. The molecule has 4 nitrogen and oxygen atoms in total. The van der Waals surface area contributed by atoms with Crippen LogP contribution in [-0.2, 0) is 17.6 Å². The molecule has 1 heterocycles. The molecule has 0 aromatic heterocycles. The summed E-state index contributed by atoms with van der Waals surface area (Å²) in [6, 6.07) is 10.3. The Morgan fingerprint density at radius 2 is 1.69 bits per heavy atom. The zero-order valence-electron chi connectivity index (χ0n) is 15.4. The maximum atomic E-state index is 13.6. The number of carboxylic acid groups (broad SMARTS) is 1. The van der Waals surface area contributed by atoms with Crippen molar-refractivity contribution in [1.29, 1.82) is 0 Å². The molecule has 1 N–H and O–H groups in total. The Morgan fingerprint density at radius 1 is 1.06 bits per heavy atom. The van der Waals surface area contributed by atoms with E-state index >= 15 is 0 Å². The third-order valence-corrected chi connectivity index (χ3v) is 4.91. The number of fused-ring (bicyclic) bond motifs is 1. The number of alkyl halides is 7. The summed E-state index contributed by atoms with van der Waals surface area (Å²) in [6.45, 7) is 0. The first-order valence-corrected chi connectivity index (χ1v) is 9.04. The van der Waals surface area contributed by atoms with Crippen molar-refractivity contribution in [1.82, 2.24) is 0 Å². The first kappa shape index (κ1) is 26.4. The molecule has 0 bridgehead atoms. The van der Waals surface area contributed by atoms with Gasteiger partial charge in [0.1, 0.15) is 17.1 Å².